The highest BCUT2D eigenvalue weighted by atomic mass is 79.9. The monoisotopic (exact) mass is 298 g/mol. The molecule has 94 valence electrons. The van der Waals surface area contributed by atoms with Crippen molar-refractivity contribution >= 4 is 15.9 Å². The topological polar surface area (TPSA) is 44.3 Å². The first-order valence-electron chi connectivity index (χ1n) is 6.01. The van der Waals surface area contributed by atoms with Crippen molar-refractivity contribution in [3.63, 3.8) is 0 Å². The Balaban J connectivity index is 1.79. The minimum absolute atomic E-state index is 0.200. The number of aliphatic hydroxyl groups excluding tert-OH is 1. The molecule has 0 amide bonds. The molecule has 1 fully saturated rings. The Morgan fingerprint density at radius 3 is 2.94 bits per heavy atom. The summed E-state index contributed by atoms with van der Waals surface area (Å²) in [5.74, 6) is 0.339. The lowest BCUT2D eigenvalue weighted by molar-refractivity contribution is 0.146. The number of nitrogens with one attached hydrogen (secondary N) is 2. The van der Waals surface area contributed by atoms with E-state index in [0.717, 1.165) is 30.7 Å². The van der Waals surface area contributed by atoms with Crippen molar-refractivity contribution < 1.29 is 5.11 Å². The van der Waals surface area contributed by atoms with Gasteiger partial charge in [-0.05, 0) is 24.1 Å². The largest absolute Gasteiger partial charge is 0.391 e. The summed E-state index contributed by atoms with van der Waals surface area (Å²) >= 11 is 3.50. The molecular formula is C13H19BrN2O. The second-order valence-corrected chi connectivity index (χ2v) is 5.55. The highest BCUT2D eigenvalue weighted by molar-refractivity contribution is 9.10. The van der Waals surface area contributed by atoms with Crippen LogP contribution in [0.1, 0.15) is 11.1 Å². The molecule has 0 bridgehead atoms. The van der Waals surface area contributed by atoms with Crippen LogP contribution in [0.3, 0.4) is 0 Å². The molecule has 1 aliphatic rings. The van der Waals surface area contributed by atoms with Crippen LogP contribution >= 0.6 is 15.9 Å². The predicted octanol–water partition coefficient (Wildman–Crippen LogP) is 1.43. The third kappa shape index (κ3) is 3.52. The van der Waals surface area contributed by atoms with Gasteiger partial charge in [-0.1, -0.05) is 28.1 Å². The molecule has 0 saturated carbocycles. The molecule has 3 N–H and O–H groups in total. The lowest BCUT2D eigenvalue weighted by Crippen LogP contribution is -2.30. The molecule has 17 heavy (non-hydrogen) atoms. The van der Waals surface area contributed by atoms with E-state index in [0.29, 0.717) is 5.92 Å². The summed E-state index contributed by atoms with van der Waals surface area (Å²) in [5, 5.41) is 16.3. The number of rotatable bonds is 4. The van der Waals surface area contributed by atoms with Crippen molar-refractivity contribution in [2.24, 2.45) is 5.92 Å². The van der Waals surface area contributed by atoms with Gasteiger partial charge >= 0.3 is 0 Å². The molecule has 1 aliphatic heterocycles. The van der Waals surface area contributed by atoms with Gasteiger partial charge in [0.25, 0.3) is 0 Å². The summed E-state index contributed by atoms with van der Waals surface area (Å²) in [5.41, 5.74) is 2.54. The third-order valence-corrected chi connectivity index (χ3v) is 4.15. The Hall–Kier alpha value is -0.420. The Labute approximate surface area is 111 Å². The number of hydrogen-bond donors (Lipinski definition) is 3. The Kier molecular flexibility index (Phi) is 4.56. The summed E-state index contributed by atoms with van der Waals surface area (Å²) in [6.45, 7) is 5.45. The minimum atomic E-state index is -0.200. The maximum Gasteiger partial charge on any atom is 0.0716 e. The van der Waals surface area contributed by atoms with Crippen LogP contribution in [0.25, 0.3) is 0 Å². The number of aryl methyl sites for hydroxylation is 1. The standard InChI is InChI=1S/C13H19BrN2O/c1-9-4-10(2-3-12(9)14)5-15-6-11-7-16-8-13(11)17/h2-4,11,13,15-17H,5-8H2,1H3. The van der Waals surface area contributed by atoms with Crippen LogP contribution in [0.5, 0.6) is 0 Å². The summed E-state index contributed by atoms with van der Waals surface area (Å²) < 4.78 is 1.15. The van der Waals surface area contributed by atoms with Crippen molar-refractivity contribution in [2.45, 2.75) is 19.6 Å². The van der Waals surface area contributed by atoms with Gasteiger partial charge in [0.1, 0.15) is 0 Å². The van der Waals surface area contributed by atoms with Crippen molar-refractivity contribution in [3.05, 3.63) is 33.8 Å². The van der Waals surface area contributed by atoms with E-state index in [1.165, 1.54) is 11.1 Å². The number of β-amino-alcohol motifs (C(OH)–C–C–N with tert-alkyl or cyclic N) is 1. The second kappa shape index (κ2) is 5.96. The molecule has 1 aromatic rings. The molecule has 4 heteroatoms. The molecular weight excluding hydrogens is 280 g/mol. The van der Waals surface area contributed by atoms with E-state index in [-0.39, 0.29) is 6.10 Å². The average Bonchev–Trinajstić information content (AvgIpc) is 2.70. The Morgan fingerprint density at radius 1 is 1.47 bits per heavy atom. The quantitative estimate of drug-likeness (QED) is 0.788. The van der Waals surface area contributed by atoms with E-state index in [2.05, 4.69) is 51.7 Å². The van der Waals surface area contributed by atoms with E-state index < -0.39 is 0 Å². The van der Waals surface area contributed by atoms with Gasteiger partial charge in [0.2, 0.25) is 0 Å². The van der Waals surface area contributed by atoms with Gasteiger partial charge < -0.3 is 15.7 Å². The molecule has 0 spiro atoms. The molecule has 2 unspecified atom stereocenters. The maximum absolute atomic E-state index is 9.66. The summed E-state index contributed by atoms with van der Waals surface area (Å²) in [4.78, 5) is 0. The highest BCUT2D eigenvalue weighted by Gasteiger charge is 2.23. The van der Waals surface area contributed by atoms with Crippen molar-refractivity contribution in [2.75, 3.05) is 19.6 Å². The van der Waals surface area contributed by atoms with Crippen LogP contribution < -0.4 is 10.6 Å². The minimum Gasteiger partial charge on any atom is -0.391 e. The fraction of sp³-hybridized carbons (Fsp3) is 0.538. The van der Waals surface area contributed by atoms with Gasteiger partial charge in [0.05, 0.1) is 6.10 Å². The zero-order valence-corrected chi connectivity index (χ0v) is 11.6. The number of hydrogen-bond acceptors (Lipinski definition) is 3. The number of benzene rings is 1. The first-order chi connectivity index (χ1) is 8.16. The van der Waals surface area contributed by atoms with Crippen LogP contribution in [0.4, 0.5) is 0 Å². The van der Waals surface area contributed by atoms with Gasteiger partial charge in [-0.2, -0.15) is 0 Å². The molecule has 1 heterocycles. The lowest BCUT2D eigenvalue weighted by Gasteiger charge is -2.14. The number of aliphatic hydroxyl groups is 1. The number of halogens is 1. The zero-order chi connectivity index (χ0) is 12.3. The van der Waals surface area contributed by atoms with E-state index in [9.17, 15) is 5.11 Å². The van der Waals surface area contributed by atoms with E-state index in [1.807, 2.05) is 0 Å². The SMILES string of the molecule is Cc1cc(CNCC2CNCC2O)ccc1Br. The predicted molar refractivity (Wildman–Crippen MR) is 73.0 cm³/mol. The molecule has 0 aliphatic carbocycles. The van der Waals surface area contributed by atoms with Gasteiger partial charge in [-0.15, -0.1) is 0 Å². The first-order valence-corrected chi connectivity index (χ1v) is 6.80. The first kappa shape index (κ1) is 13.0. The fourth-order valence-electron chi connectivity index (χ4n) is 2.15. The molecule has 2 atom stereocenters. The Morgan fingerprint density at radius 2 is 2.29 bits per heavy atom. The van der Waals surface area contributed by atoms with Gasteiger partial charge in [0, 0.05) is 36.6 Å². The van der Waals surface area contributed by atoms with Gasteiger partial charge in [0.15, 0.2) is 0 Å². The van der Waals surface area contributed by atoms with Crippen LogP contribution in [-0.2, 0) is 6.54 Å². The summed E-state index contributed by atoms with van der Waals surface area (Å²) in [6, 6.07) is 6.38. The van der Waals surface area contributed by atoms with E-state index in [4.69, 9.17) is 0 Å². The van der Waals surface area contributed by atoms with E-state index in [1.54, 1.807) is 0 Å². The molecule has 0 radical (unpaired) electrons. The van der Waals surface area contributed by atoms with Crippen molar-refractivity contribution in [1.29, 1.82) is 0 Å². The van der Waals surface area contributed by atoms with Crippen molar-refractivity contribution in [3.8, 4) is 0 Å². The third-order valence-electron chi connectivity index (χ3n) is 3.26. The lowest BCUT2D eigenvalue weighted by atomic mass is 10.1. The summed E-state index contributed by atoms with van der Waals surface area (Å²) in [6.07, 6.45) is -0.200. The smallest absolute Gasteiger partial charge is 0.0716 e. The summed E-state index contributed by atoms with van der Waals surface area (Å²) in [7, 11) is 0. The fourth-order valence-corrected chi connectivity index (χ4v) is 2.39. The zero-order valence-electron chi connectivity index (χ0n) is 10.0. The van der Waals surface area contributed by atoms with Crippen LogP contribution in [0.2, 0.25) is 0 Å². The van der Waals surface area contributed by atoms with Crippen molar-refractivity contribution in [1.82, 2.24) is 10.6 Å². The normalized spacial score (nSPS) is 24.2. The molecule has 2 rings (SSSR count). The van der Waals surface area contributed by atoms with Crippen LogP contribution in [0, 0.1) is 12.8 Å². The Bertz CT molecular complexity index is 384. The van der Waals surface area contributed by atoms with Crippen LogP contribution in [0.15, 0.2) is 22.7 Å². The van der Waals surface area contributed by atoms with Gasteiger partial charge in [-0.25, -0.2) is 0 Å². The molecule has 1 aromatic carbocycles. The maximum atomic E-state index is 9.66. The van der Waals surface area contributed by atoms with Gasteiger partial charge in [-0.3, -0.25) is 0 Å². The highest BCUT2D eigenvalue weighted by Crippen LogP contribution is 2.17. The second-order valence-electron chi connectivity index (χ2n) is 4.70. The van der Waals surface area contributed by atoms with E-state index >= 15 is 0 Å². The molecule has 1 saturated heterocycles. The molecule has 0 aromatic heterocycles. The molecule has 3 nitrogen and oxygen atoms in total. The van der Waals surface area contributed by atoms with Crippen LogP contribution in [-0.4, -0.2) is 30.8 Å². The average molecular weight is 299 g/mol.